The van der Waals surface area contributed by atoms with Gasteiger partial charge in [-0.3, -0.25) is 4.79 Å². The molecule has 1 heterocycles. The van der Waals surface area contributed by atoms with Gasteiger partial charge in [0.15, 0.2) is 5.82 Å². The summed E-state index contributed by atoms with van der Waals surface area (Å²) in [5, 5.41) is 9.73. The first-order valence-electron chi connectivity index (χ1n) is 5.93. The van der Waals surface area contributed by atoms with Crippen molar-refractivity contribution in [3.8, 4) is 0 Å². The fourth-order valence-corrected chi connectivity index (χ4v) is 2.15. The van der Waals surface area contributed by atoms with E-state index in [0.29, 0.717) is 22.8 Å². The van der Waals surface area contributed by atoms with E-state index >= 15 is 0 Å². The van der Waals surface area contributed by atoms with E-state index in [9.17, 15) is 4.79 Å². The van der Waals surface area contributed by atoms with Crippen molar-refractivity contribution < 1.29 is 4.79 Å². The van der Waals surface area contributed by atoms with Gasteiger partial charge in [0.25, 0.3) is 0 Å². The molecule has 1 aliphatic carbocycles. The highest BCUT2D eigenvalue weighted by molar-refractivity contribution is 6.78. The number of rotatable bonds is 1. The zero-order chi connectivity index (χ0) is 13.6. The Morgan fingerprint density at radius 1 is 1.32 bits per heavy atom. The second-order valence-electron chi connectivity index (χ2n) is 4.37. The number of fused-ring (bicyclic) bond motifs is 3. The summed E-state index contributed by atoms with van der Waals surface area (Å²) in [6, 6.07) is 5.66. The predicted octanol–water partition coefficient (Wildman–Crippen LogP) is 2.13. The summed E-state index contributed by atoms with van der Waals surface area (Å²) in [5.74, 6) is 0.241. The number of carbonyl (C=O) groups is 1. The number of aliphatic imine (C=N–C) groups is 1. The molecular formula is C14H12N4O. The van der Waals surface area contributed by atoms with Gasteiger partial charge in [-0.1, -0.05) is 24.3 Å². The molecule has 0 spiro atoms. The van der Waals surface area contributed by atoms with E-state index in [-0.39, 0.29) is 5.78 Å². The van der Waals surface area contributed by atoms with Gasteiger partial charge in [-0.15, -0.1) is 10.2 Å². The Morgan fingerprint density at radius 2 is 2.11 bits per heavy atom. The fourth-order valence-electron chi connectivity index (χ4n) is 2.15. The lowest BCUT2D eigenvalue weighted by Gasteiger charge is -2.17. The molecule has 3 rings (SSSR count). The summed E-state index contributed by atoms with van der Waals surface area (Å²) >= 11 is 0. The summed E-state index contributed by atoms with van der Waals surface area (Å²) in [4.78, 5) is 16.5. The number of ketones is 1. The molecule has 0 unspecified atom stereocenters. The zero-order valence-electron chi connectivity index (χ0n) is 10.7. The maximum Gasteiger partial charge on any atom is 0.214 e. The number of aryl methyl sites for hydroxylation is 1. The highest BCUT2D eigenvalue weighted by atomic mass is 16.1. The molecule has 0 amide bonds. The predicted molar refractivity (Wildman–Crippen MR) is 74.6 cm³/mol. The van der Waals surface area contributed by atoms with Gasteiger partial charge in [0.05, 0.1) is 0 Å². The summed E-state index contributed by atoms with van der Waals surface area (Å²) in [6.45, 7) is 7.51. The van der Waals surface area contributed by atoms with Crippen molar-refractivity contribution in [2.75, 3.05) is 0 Å². The molecule has 94 valence electrons. The SMILES string of the molecule is C=C1N=C2C(=O)c3ccc(C)cc3C2=NN1/N=C\C. The molecule has 0 saturated heterocycles. The van der Waals surface area contributed by atoms with Crippen LogP contribution in [0.4, 0.5) is 0 Å². The molecule has 1 aromatic rings. The quantitative estimate of drug-likeness (QED) is 0.719. The first-order valence-corrected chi connectivity index (χ1v) is 5.93. The number of hydrogen-bond donors (Lipinski definition) is 0. The molecule has 0 atom stereocenters. The fraction of sp³-hybridized carbons (Fsp3) is 0.143. The van der Waals surface area contributed by atoms with E-state index in [4.69, 9.17) is 0 Å². The summed E-state index contributed by atoms with van der Waals surface area (Å²) in [5.41, 5.74) is 3.45. The molecule has 5 heteroatoms. The van der Waals surface area contributed by atoms with Crippen LogP contribution >= 0.6 is 0 Å². The molecule has 2 aliphatic rings. The Bertz CT molecular complexity index is 697. The molecule has 5 nitrogen and oxygen atoms in total. The van der Waals surface area contributed by atoms with E-state index < -0.39 is 0 Å². The van der Waals surface area contributed by atoms with Crippen LogP contribution in [-0.4, -0.2) is 28.5 Å². The molecule has 0 bridgehead atoms. The van der Waals surface area contributed by atoms with Crippen molar-refractivity contribution in [1.82, 2.24) is 5.12 Å². The lowest BCUT2D eigenvalue weighted by Crippen LogP contribution is -2.25. The maximum atomic E-state index is 12.2. The Balaban J connectivity index is 2.21. The molecule has 0 aromatic heterocycles. The number of benzene rings is 1. The average Bonchev–Trinajstić information content (AvgIpc) is 2.64. The monoisotopic (exact) mass is 252 g/mol. The first-order chi connectivity index (χ1) is 9.11. The zero-order valence-corrected chi connectivity index (χ0v) is 10.7. The van der Waals surface area contributed by atoms with E-state index in [1.807, 2.05) is 25.1 Å². The number of Topliss-reactive ketones (excluding diaryl/α,β-unsaturated/α-hetero) is 1. The third kappa shape index (κ3) is 1.62. The van der Waals surface area contributed by atoms with Gasteiger partial charge < -0.3 is 0 Å². The largest absolute Gasteiger partial charge is 0.287 e. The molecule has 1 aliphatic heterocycles. The lowest BCUT2D eigenvalue weighted by molar-refractivity contribution is 0.106. The lowest BCUT2D eigenvalue weighted by atomic mass is 10.1. The highest BCUT2D eigenvalue weighted by Crippen LogP contribution is 2.27. The van der Waals surface area contributed by atoms with Crippen LogP contribution in [0, 0.1) is 6.92 Å². The third-order valence-corrected chi connectivity index (χ3v) is 3.01. The summed E-state index contributed by atoms with van der Waals surface area (Å²) in [6.07, 6.45) is 1.60. The molecule has 0 N–H and O–H groups in total. The Morgan fingerprint density at radius 3 is 2.84 bits per heavy atom. The minimum Gasteiger partial charge on any atom is -0.287 e. The molecular weight excluding hydrogens is 240 g/mol. The van der Waals surface area contributed by atoms with Crippen molar-refractivity contribution in [2.24, 2.45) is 15.2 Å². The molecule has 1 aromatic carbocycles. The van der Waals surface area contributed by atoms with Crippen molar-refractivity contribution in [2.45, 2.75) is 13.8 Å². The van der Waals surface area contributed by atoms with Gasteiger partial charge in [0, 0.05) is 17.3 Å². The van der Waals surface area contributed by atoms with Crippen molar-refractivity contribution in [3.05, 3.63) is 47.3 Å². The van der Waals surface area contributed by atoms with E-state index in [1.54, 1.807) is 13.1 Å². The van der Waals surface area contributed by atoms with Crippen LogP contribution in [0.2, 0.25) is 0 Å². The van der Waals surface area contributed by atoms with Gasteiger partial charge in [0.1, 0.15) is 11.4 Å². The Kier molecular flexibility index (Phi) is 2.41. The van der Waals surface area contributed by atoms with Gasteiger partial charge in [-0.2, -0.15) is 5.10 Å². The number of hydrazone groups is 2. The minimum atomic E-state index is -0.102. The van der Waals surface area contributed by atoms with Crippen molar-refractivity contribution in [3.63, 3.8) is 0 Å². The molecule has 0 fully saturated rings. The standard InChI is InChI=1S/C14H12N4O/c1-4-15-18-9(3)16-13-12(17-18)11-7-8(2)5-6-10(11)14(13)19/h4-7H,3H2,1-2H3/b15-4-. The first kappa shape index (κ1) is 11.5. The average molecular weight is 252 g/mol. The smallest absolute Gasteiger partial charge is 0.214 e. The number of carbonyl (C=O) groups excluding carboxylic acids is 1. The van der Waals surface area contributed by atoms with Crippen LogP contribution in [0.15, 0.2) is 45.8 Å². The third-order valence-electron chi connectivity index (χ3n) is 3.01. The highest BCUT2D eigenvalue weighted by Gasteiger charge is 2.36. The van der Waals surface area contributed by atoms with Crippen LogP contribution < -0.4 is 0 Å². The molecule has 19 heavy (non-hydrogen) atoms. The maximum absolute atomic E-state index is 12.2. The van der Waals surface area contributed by atoms with Crippen LogP contribution in [0.25, 0.3) is 0 Å². The van der Waals surface area contributed by atoms with Crippen LogP contribution in [0.1, 0.15) is 28.4 Å². The van der Waals surface area contributed by atoms with E-state index in [1.165, 1.54) is 5.12 Å². The topological polar surface area (TPSA) is 57.4 Å². The van der Waals surface area contributed by atoms with Crippen LogP contribution in [0.3, 0.4) is 0 Å². The van der Waals surface area contributed by atoms with Gasteiger partial charge in [-0.25, -0.2) is 4.99 Å². The second kappa shape index (κ2) is 3.98. The molecule has 0 saturated carbocycles. The second-order valence-corrected chi connectivity index (χ2v) is 4.37. The summed E-state index contributed by atoms with van der Waals surface area (Å²) < 4.78 is 0. The number of hydrogen-bond acceptors (Lipinski definition) is 5. The van der Waals surface area contributed by atoms with Crippen molar-refractivity contribution in [1.29, 1.82) is 0 Å². The normalized spacial score (nSPS) is 17.5. The Hall–Kier alpha value is -2.56. The Labute approximate surface area is 110 Å². The molecule has 0 radical (unpaired) electrons. The minimum absolute atomic E-state index is 0.102. The van der Waals surface area contributed by atoms with Gasteiger partial charge >= 0.3 is 0 Å². The summed E-state index contributed by atoms with van der Waals surface area (Å²) in [7, 11) is 0. The van der Waals surface area contributed by atoms with E-state index in [0.717, 1.165) is 11.1 Å². The van der Waals surface area contributed by atoms with Gasteiger partial charge in [0.2, 0.25) is 5.78 Å². The number of nitrogens with zero attached hydrogens (tertiary/aromatic N) is 4. The van der Waals surface area contributed by atoms with Crippen molar-refractivity contribution >= 4 is 23.4 Å². The van der Waals surface area contributed by atoms with Crippen LogP contribution in [0.5, 0.6) is 0 Å². The van der Waals surface area contributed by atoms with E-state index in [2.05, 4.69) is 21.8 Å². The van der Waals surface area contributed by atoms with Crippen LogP contribution in [-0.2, 0) is 0 Å². The van der Waals surface area contributed by atoms with Gasteiger partial charge in [-0.05, 0) is 19.9 Å².